The summed E-state index contributed by atoms with van der Waals surface area (Å²) < 4.78 is 5.76. The van der Waals surface area contributed by atoms with Crippen LogP contribution in [0.25, 0.3) is 11.1 Å². The second-order valence-electron chi connectivity index (χ2n) is 4.68. The average molecular weight is 239 g/mol. The molecule has 0 amide bonds. The molecule has 0 aliphatic rings. The molecule has 0 atom stereocenters. The number of fused-ring (bicyclic) bond motifs is 1. The number of halogens is 1. The van der Waals surface area contributed by atoms with Gasteiger partial charge in [0.1, 0.15) is 5.52 Å². The molecule has 0 saturated carbocycles. The molecule has 0 spiro atoms. The van der Waals surface area contributed by atoms with E-state index >= 15 is 0 Å². The summed E-state index contributed by atoms with van der Waals surface area (Å²) in [6, 6.07) is 3.68. The summed E-state index contributed by atoms with van der Waals surface area (Å²) in [6.07, 6.45) is 0. The van der Waals surface area contributed by atoms with Crippen LogP contribution in [0.3, 0.4) is 0 Å². The van der Waals surface area contributed by atoms with Gasteiger partial charge >= 0.3 is 0 Å². The Bertz CT molecular complexity index is 531. The van der Waals surface area contributed by atoms with Crippen molar-refractivity contribution in [3.05, 3.63) is 28.6 Å². The largest absolute Gasteiger partial charge is 0.440 e. The summed E-state index contributed by atoms with van der Waals surface area (Å²) in [5, 5.41) is 0.676. The molecular formula is C12H15ClN2O. The summed E-state index contributed by atoms with van der Waals surface area (Å²) in [5.74, 6) is 0.662. The van der Waals surface area contributed by atoms with Gasteiger partial charge in [0.2, 0.25) is 5.89 Å². The molecule has 0 radical (unpaired) electrons. The molecule has 0 fully saturated rings. The standard InChI is InChI=1S/C12H15ClN2O/c1-7-4-8(13)5-9-10(7)16-11(15-9)12(2,3)6-14/h4-5H,6,14H2,1-3H3. The average Bonchev–Trinajstić information content (AvgIpc) is 2.62. The van der Waals surface area contributed by atoms with Gasteiger partial charge < -0.3 is 10.2 Å². The van der Waals surface area contributed by atoms with E-state index in [0.717, 1.165) is 16.7 Å². The smallest absolute Gasteiger partial charge is 0.202 e. The molecule has 4 heteroatoms. The third-order valence-electron chi connectivity index (χ3n) is 2.73. The van der Waals surface area contributed by atoms with Gasteiger partial charge in [-0.25, -0.2) is 4.98 Å². The molecule has 0 saturated heterocycles. The van der Waals surface area contributed by atoms with E-state index in [2.05, 4.69) is 4.98 Å². The fourth-order valence-corrected chi connectivity index (χ4v) is 1.80. The van der Waals surface area contributed by atoms with E-state index in [-0.39, 0.29) is 5.41 Å². The van der Waals surface area contributed by atoms with Gasteiger partial charge in [-0.15, -0.1) is 0 Å². The summed E-state index contributed by atoms with van der Waals surface area (Å²) >= 11 is 5.97. The second-order valence-corrected chi connectivity index (χ2v) is 5.11. The van der Waals surface area contributed by atoms with Gasteiger partial charge in [-0.05, 0) is 38.5 Å². The molecule has 1 aromatic carbocycles. The lowest BCUT2D eigenvalue weighted by molar-refractivity contribution is 0.390. The third kappa shape index (κ3) is 1.81. The van der Waals surface area contributed by atoms with Crippen LogP contribution >= 0.6 is 11.6 Å². The van der Waals surface area contributed by atoms with E-state index in [1.165, 1.54) is 0 Å². The Hall–Kier alpha value is -1.06. The molecule has 0 bridgehead atoms. The normalized spacial score (nSPS) is 12.3. The van der Waals surface area contributed by atoms with Crippen molar-refractivity contribution in [2.45, 2.75) is 26.2 Å². The molecule has 0 aliphatic carbocycles. The minimum absolute atomic E-state index is 0.252. The summed E-state index contributed by atoms with van der Waals surface area (Å²) in [5.41, 5.74) is 8.03. The van der Waals surface area contributed by atoms with Gasteiger partial charge in [0.15, 0.2) is 5.58 Å². The first-order valence-electron chi connectivity index (χ1n) is 5.21. The molecule has 16 heavy (non-hydrogen) atoms. The van der Waals surface area contributed by atoms with Crippen molar-refractivity contribution in [1.82, 2.24) is 4.98 Å². The Morgan fingerprint density at radius 1 is 1.44 bits per heavy atom. The zero-order valence-corrected chi connectivity index (χ0v) is 10.4. The molecular weight excluding hydrogens is 224 g/mol. The minimum atomic E-state index is -0.252. The lowest BCUT2D eigenvalue weighted by Crippen LogP contribution is -2.28. The van der Waals surface area contributed by atoms with Gasteiger partial charge in [-0.2, -0.15) is 0 Å². The number of hydrogen-bond acceptors (Lipinski definition) is 3. The molecule has 86 valence electrons. The highest BCUT2D eigenvalue weighted by Crippen LogP contribution is 2.29. The van der Waals surface area contributed by atoms with Crippen LogP contribution in [-0.4, -0.2) is 11.5 Å². The molecule has 0 unspecified atom stereocenters. The van der Waals surface area contributed by atoms with Crippen molar-refractivity contribution < 1.29 is 4.42 Å². The highest BCUT2D eigenvalue weighted by molar-refractivity contribution is 6.31. The van der Waals surface area contributed by atoms with Crippen LogP contribution in [0.1, 0.15) is 25.3 Å². The predicted octanol–water partition coefficient (Wildman–Crippen LogP) is 3.03. The number of oxazole rings is 1. The van der Waals surface area contributed by atoms with Gasteiger partial charge in [0.05, 0.1) is 5.41 Å². The lowest BCUT2D eigenvalue weighted by atomic mass is 9.94. The molecule has 2 aromatic rings. The van der Waals surface area contributed by atoms with Crippen molar-refractivity contribution >= 4 is 22.7 Å². The summed E-state index contributed by atoms with van der Waals surface area (Å²) in [4.78, 5) is 4.45. The number of nitrogens with two attached hydrogens (primary N) is 1. The van der Waals surface area contributed by atoms with E-state index in [1.807, 2.05) is 32.9 Å². The molecule has 3 nitrogen and oxygen atoms in total. The minimum Gasteiger partial charge on any atom is -0.440 e. The second kappa shape index (κ2) is 3.75. The summed E-state index contributed by atoms with van der Waals surface area (Å²) in [7, 11) is 0. The quantitative estimate of drug-likeness (QED) is 0.875. The zero-order chi connectivity index (χ0) is 11.9. The number of rotatable bonds is 2. The maximum Gasteiger partial charge on any atom is 0.202 e. The maximum atomic E-state index is 5.97. The topological polar surface area (TPSA) is 52.0 Å². The number of aromatic nitrogens is 1. The lowest BCUT2D eigenvalue weighted by Gasteiger charge is -2.16. The van der Waals surface area contributed by atoms with Crippen LogP contribution in [0.4, 0.5) is 0 Å². The van der Waals surface area contributed by atoms with Crippen LogP contribution in [0.5, 0.6) is 0 Å². The molecule has 2 N–H and O–H groups in total. The van der Waals surface area contributed by atoms with Crippen LogP contribution in [-0.2, 0) is 5.41 Å². The van der Waals surface area contributed by atoms with Crippen molar-refractivity contribution in [2.24, 2.45) is 5.73 Å². The fraction of sp³-hybridized carbons (Fsp3) is 0.417. The van der Waals surface area contributed by atoms with Crippen LogP contribution < -0.4 is 5.73 Å². The van der Waals surface area contributed by atoms with Crippen LogP contribution in [0.15, 0.2) is 16.5 Å². The SMILES string of the molecule is Cc1cc(Cl)cc2nc(C(C)(C)CN)oc12. The maximum absolute atomic E-state index is 5.97. The van der Waals surface area contributed by atoms with E-state index in [1.54, 1.807) is 0 Å². The van der Waals surface area contributed by atoms with Crippen molar-refractivity contribution in [3.8, 4) is 0 Å². The van der Waals surface area contributed by atoms with Crippen molar-refractivity contribution in [1.29, 1.82) is 0 Å². The van der Waals surface area contributed by atoms with Gasteiger partial charge in [0.25, 0.3) is 0 Å². The highest BCUT2D eigenvalue weighted by atomic mass is 35.5. The molecule has 1 heterocycles. The number of aryl methyl sites for hydroxylation is 1. The van der Waals surface area contributed by atoms with Crippen molar-refractivity contribution in [3.63, 3.8) is 0 Å². The van der Waals surface area contributed by atoms with E-state index in [9.17, 15) is 0 Å². The van der Waals surface area contributed by atoms with E-state index < -0.39 is 0 Å². The van der Waals surface area contributed by atoms with Crippen LogP contribution in [0, 0.1) is 6.92 Å². The van der Waals surface area contributed by atoms with E-state index in [4.69, 9.17) is 21.8 Å². The third-order valence-corrected chi connectivity index (χ3v) is 2.95. The Labute approximate surface area is 99.6 Å². The van der Waals surface area contributed by atoms with E-state index in [0.29, 0.717) is 17.5 Å². The van der Waals surface area contributed by atoms with Crippen molar-refractivity contribution in [2.75, 3.05) is 6.54 Å². The number of nitrogens with zero attached hydrogens (tertiary/aromatic N) is 1. The first-order valence-corrected chi connectivity index (χ1v) is 5.59. The van der Waals surface area contributed by atoms with Gasteiger partial charge in [0, 0.05) is 11.6 Å². The first-order chi connectivity index (χ1) is 7.44. The Balaban J connectivity index is 2.65. The molecule has 2 rings (SSSR count). The zero-order valence-electron chi connectivity index (χ0n) is 9.67. The first kappa shape index (κ1) is 11.4. The monoisotopic (exact) mass is 238 g/mol. The number of hydrogen-bond donors (Lipinski definition) is 1. The highest BCUT2D eigenvalue weighted by Gasteiger charge is 2.25. The Kier molecular flexibility index (Phi) is 2.68. The number of benzene rings is 1. The Morgan fingerprint density at radius 2 is 2.12 bits per heavy atom. The molecule has 1 aromatic heterocycles. The van der Waals surface area contributed by atoms with Crippen LogP contribution in [0.2, 0.25) is 5.02 Å². The fourth-order valence-electron chi connectivity index (χ4n) is 1.53. The Morgan fingerprint density at radius 3 is 2.75 bits per heavy atom. The molecule has 0 aliphatic heterocycles. The predicted molar refractivity (Wildman–Crippen MR) is 65.8 cm³/mol. The van der Waals surface area contributed by atoms with Gasteiger partial charge in [-0.1, -0.05) is 11.6 Å². The van der Waals surface area contributed by atoms with Gasteiger partial charge in [-0.3, -0.25) is 0 Å². The summed E-state index contributed by atoms with van der Waals surface area (Å²) in [6.45, 7) is 6.47.